The molecule has 0 saturated carbocycles. The van der Waals surface area contributed by atoms with Crippen LogP contribution in [0.4, 0.5) is 10.1 Å². The summed E-state index contributed by atoms with van der Waals surface area (Å²) in [4.78, 5) is 41.3. The van der Waals surface area contributed by atoms with E-state index in [-0.39, 0.29) is 46.0 Å². The standard InChI is InChI=1S/C37H39ClFN7O2/c1-8-28(47)44-16-22-10-11-23-34(45(22)15-21(44)7)24-13-26(39)30(29-20(6)9-12-27-25(29)14-42-43-27)31(38)35(24)46(37(23)48)36-32(18(2)3)40-17-41-33(36)19(4)5/h8-9,12-14,17-19,21-22H,1,10-11,15-16H2,2-7H3,(H,42,43). The molecule has 0 spiro atoms. The van der Waals surface area contributed by atoms with Gasteiger partial charge in [0.15, 0.2) is 0 Å². The summed E-state index contributed by atoms with van der Waals surface area (Å²) in [5.41, 5.74) is 5.88. The number of hydrogen-bond donors (Lipinski definition) is 1. The highest BCUT2D eigenvalue weighted by atomic mass is 35.5. The van der Waals surface area contributed by atoms with Crippen molar-refractivity contribution in [3.8, 4) is 16.8 Å². The summed E-state index contributed by atoms with van der Waals surface area (Å²) >= 11 is 7.49. The van der Waals surface area contributed by atoms with Crippen LogP contribution in [0.1, 0.15) is 75.4 Å². The van der Waals surface area contributed by atoms with Gasteiger partial charge in [0.1, 0.15) is 12.1 Å². The highest BCUT2D eigenvalue weighted by Gasteiger charge is 2.40. The molecule has 48 heavy (non-hydrogen) atoms. The number of halogens is 2. The van der Waals surface area contributed by atoms with Crippen LogP contribution >= 0.6 is 11.6 Å². The van der Waals surface area contributed by atoms with Crippen molar-refractivity contribution in [3.05, 3.63) is 87.1 Å². The van der Waals surface area contributed by atoms with Gasteiger partial charge in [-0.05, 0) is 62.3 Å². The zero-order chi connectivity index (χ0) is 34.2. The fraction of sp³-hybridized carbons (Fsp3) is 0.378. The van der Waals surface area contributed by atoms with E-state index < -0.39 is 5.82 Å². The Labute approximate surface area is 283 Å². The van der Waals surface area contributed by atoms with Crippen molar-refractivity contribution in [3.63, 3.8) is 0 Å². The molecule has 1 amide bonds. The molecule has 0 radical (unpaired) electrons. The minimum Gasteiger partial charge on any atom is -0.364 e. The van der Waals surface area contributed by atoms with Gasteiger partial charge in [0.2, 0.25) is 5.91 Å². The summed E-state index contributed by atoms with van der Waals surface area (Å²) in [6.45, 7) is 16.7. The Bertz CT molecular complexity index is 2180. The average Bonchev–Trinajstić information content (AvgIpc) is 3.54. The molecule has 7 rings (SSSR count). The molecule has 11 heteroatoms. The van der Waals surface area contributed by atoms with Gasteiger partial charge >= 0.3 is 0 Å². The van der Waals surface area contributed by atoms with Crippen molar-refractivity contribution in [1.82, 2.24) is 29.6 Å². The van der Waals surface area contributed by atoms with Gasteiger partial charge in [0, 0.05) is 52.6 Å². The lowest BCUT2D eigenvalue weighted by molar-refractivity contribution is -0.129. The lowest BCUT2D eigenvalue weighted by atomic mass is 9.89. The van der Waals surface area contributed by atoms with Crippen LogP contribution in [-0.2, 0) is 11.2 Å². The number of carbonyl (C=O) groups excluding carboxylic acids is 1. The predicted molar refractivity (Wildman–Crippen MR) is 189 cm³/mol. The molecule has 0 bridgehead atoms. The third kappa shape index (κ3) is 4.75. The van der Waals surface area contributed by atoms with Crippen LogP contribution in [0.5, 0.6) is 0 Å². The Morgan fingerprint density at radius 1 is 1.08 bits per heavy atom. The Morgan fingerprint density at radius 2 is 1.79 bits per heavy atom. The number of rotatable bonds is 5. The van der Waals surface area contributed by atoms with Crippen LogP contribution < -0.4 is 10.5 Å². The molecule has 1 saturated heterocycles. The summed E-state index contributed by atoms with van der Waals surface area (Å²) < 4.78 is 18.6. The first-order valence-corrected chi connectivity index (χ1v) is 16.9. The van der Waals surface area contributed by atoms with Crippen LogP contribution in [0, 0.1) is 12.7 Å². The van der Waals surface area contributed by atoms with Crippen molar-refractivity contribution in [1.29, 1.82) is 0 Å². The number of anilines is 1. The van der Waals surface area contributed by atoms with Crippen LogP contribution in [0.3, 0.4) is 0 Å². The van der Waals surface area contributed by atoms with Crippen LogP contribution in [0.15, 0.2) is 48.2 Å². The van der Waals surface area contributed by atoms with E-state index in [9.17, 15) is 4.79 Å². The van der Waals surface area contributed by atoms with E-state index >= 15 is 9.18 Å². The van der Waals surface area contributed by atoms with Crippen LogP contribution in [0.2, 0.25) is 5.02 Å². The molecule has 248 valence electrons. The van der Waals surface area contributed by atoms with Gasteiger partial charge in [-0.2, -0.15) is 5.10 Å². The molecule has 2 atom stereocenters. The van der Waals surface area contributed by atoms with Gasteiger partial charge in [0.05, 0.1) is 45.0 Å². The first kappa shape index (κ1) is 32.0. The highest BCUT2D eigenvalue weighted by Crippen LogP contribution is 2.47. The molecule has 2 aliphatic rings. The Kier molecular flexibility index (Phi) is 7.89. The Morgan fingerprint density at radius 3 is 2.46 bits per heavy atom. The van der Waals surface area contributed by atoms with Crippen LogP contribution in [-0.4, -0.2) is 60.7 Å². The number of fused-ring (bicyclic) bond motifs is 6. The highest BCUT2D eigenvalue weighted by molar-refractivity contribution is 6.39. The zero-order valence-electron chi connectivity index (χ0n) is 28.1. The number of piperazine rings is 1. The summed E-state index contributed by atoms with van der Waals surface area (Å²) in [5.74, 6) is -0.702. The van der Waals surface area contributed by atoms with E-state index in [1.54, 1.807) is 17.1 Å². The topological polar surface area (TPSA) is 100 Å². The van der Waals surface area contributed by atoms with E-state index in [1.165, 1.54) is 12.1 Å². The van der Waals surface area contributed by atoms with E-state index in [0.717, 1.165) is 16.5 Å². The summed E-state index contributed by atoms with van der Waals surface area (Å²) in [6.07, 6.45) is 5.69. The third-order valence-electron chi connectivity index (χ3n) is 10.0. The summed E-state index contributed by atoms with van der Waals surface area (Å²) in [5, 5.41) is 8.61. The number of carbonyl (C=O) groups is 1. The normalized spacial score (nSPS) is 17.8. The first-order chi connectivity index (χ1) is 22.9. The number of nitrogens with one attached hydrogen (secondary N) is 1. The van der Waals surface area contributed by atoms with E-state index in [1.807, 2.05) is 58.6 Å². The molecule has 1 fully saturated rings. The smallest absolute Gasteiger partial charge is 0.261 e. The molecule has 5 aromatic rings. The van der Waals surface area contributed by atoms with Gasteiger partial charge in [-0.1, -0.05) is 51.9 Å². The second-order valence-electron chi connectivity index (χ2n) is 13.7. The zero-order valence-corrected chi connectivity index (χ0v) is 28.8. The Balaban J connectivity index is 1.63. The van der Waals surface area contributed by atoms with Crippen molar-refractivity contribution >= 4 is 45.0 Å². The fourth-order valence-corrected chi connectivity index (χ4v) is 8.11. The minimum absolute atomic E-state index is 0.0418. The maximum atomic E-state index is 16.9. The average molecular weight is 668 g/mol. The molecule has 2 unspecified atom stereocenters. The van der Waals surface area contributed by atoms with Crippen LogP contribution in [0.25, 0.3) is 38.6 Å². The van der Waals surface area contributed by atoms with E-state index in [2.05, 4.69) is 31.6 Å². The first-order valence-electron chi connectivity index (χ1n) is 16.5. The maximum absolute atomic E-state index is 16.9. The molecule has 1 N–H and O–H groups in total. The lowest BCUT2D eigenvalue weighted by Crippen LogP contribution is -2.60. The van der Waals surface area contributed by atoms with Gasteiger partial charge in [-0.25, -0.2) is 14.4 Å². The minimum atomic E-state index is -0.496. The van der Waals surface area contributed by atoms with Gasteiger partial charge < -0.3 is 9.80 Å². The van der Waals surface area contributed by atoms with Gasteiger partial charge in [0.25, 0.3) is 5.56 Å². The van der Waals surface area contributed by atoms with E-state index in [4.69, 9.17) is 11.6 Å². The lowest BCUT2D eigenvalue weighted by Gasteiger charge is -2.49. The molecule has 2 aromatic carbocycles. The van der Waals surface area contributed by atoms with Gasteiger partial charge in [-0.3, -0.25) is 19.3 Å². The molecule has 0 aliphatic carbocycles. The molecule has 9 nitrogen and oxygen atoms in total. The number of amides is 1. The number of benzene rings is 2. The van der Waals surface area contributed by atoms with Crippen molar-refractivity contribution < 1.29 is 9.18 Å². The second-order valence-corrected chi connectivity index (χ2v) is 14.1. The van der Waals surface area contributed by atoms with E-state index in [0.29, 0.717) is 70.7 Å². The number of H-pyrrole nitrogens is 1. The molecule has 3 aromatic heterocycles. The maximum Gasteiger partial charge on any atom is 0.261 e. The predicted octanol–water partition coefficient (Wildman–Crippen LogP) is 7.21. The van der Waals surface area contributed by atoms with Crippen molar-refractivity contribution in [2.45, 2.75) is 78.3 Å². The quantitative estimate of drug-likeness (QED) is 0.199. The molecule has 2 aliphatic heterocycles. The van der Waals surface area contributed by atoms with Crippen molar-refractivity contribution in [2.24, 2.45) is 0 Å². The second kappa shape index (κ2) is 11.8. The number of nitrogens with zero attached hydrogens (tertiary/aromatic N) is 6. The Hall–Kier alpha value is -4.57. The largest absolute Gasteiger partial charge is 0.364 e. The number of aromatic amines is 1. The monoisotopic (exact) mass is 667 g/mol. The van der Waals surface area contributed by atoms with Gasteiger partial charge in [-0.15, -0.1) is 0 Å². The fourth-order valence-electron chi connectivity index (χ4n) is 7.74. The molecule has 5 heterocycles. The third-order valence-corrected chi connectivity index (χ3v) is 10.4. The SMILES string of the molecule is C=CC(=O)N1CC2CCc3c(c4cc(F)c(-c5c(C)ccc6[nH]ncc56)c(Cl)c4n(-c4c(C(C)C)ncnc4C(C)C)c3=O)N2CC1C. The molecular formula is C37H39ClFN7O2. The summed E-state index contributed by atoms with van der Waals surface area (Å²) in [7, 11) is 0. The number of aryl methyl sites for hydroxylation is 1. The molecular weight excluding hydrogens is 629 g/mol. The number of hydrogen-bond acceptors (Lipinski definition) is 6. The van der Waals surface area contributed by atoms with Crippen molar-refractivity contribution in [2.75, 3.05) is 18.0 Å². The number of aromatic nitrogens is 5. The summed E-state index contributed by atoms with van der Waals surface area (Å²) in [6, 6.07) is 5.13. The number of pyridine rings is 1.